The average Bonchev–Trinajstić information content (AvgIpc) is 2.85. The first-order valence-electron chi connectivity index (χ1n) is 11.1. The second-order valence-electron chi connectivity index (χ2n) is 8.39. The molecule has 2 aliphatic heterocycles. The SMILES string of the molecule is Cc1ccc(S(=O)(=O)c2ccc(C)c(S(=O)(=O)N3CCOCC3)c2)cc1S(=O)(=O)N1CCOCC1. The quantitative estimate of drug-likeness (QED) is 0.531. The van der Waals surface area contributed by atoms with E-state index in [1.54, 1.807) is 13.8 Å². The second kappa shape index (κ2) is 9.88. The van der Waals surface area contributed by atoms with Crippen LogP contribution in [0.15, 0.2) is 56.0 Å². The molecular weight excluding hydrogens is 516 g/mol. The molecule has 0 N–H and O–H groups in total. The van der Waals surface area contributed by atoms with Gasteiger partial charge in [-0.05, 0) is 49.2 Å². The van der Waals surface area contributed by atoms with Crippen molar-refractivity contribution in [1.29, 1.82) is 0 Å². The summed E-state index contributed by atoms with van der Waals surface area (Å²) in [5.41, 5.74) is 0.824. The van der Waals surface area contributed by atoms with Gasteiger partial charge in [-0.25, -0.2) is 25.3 Å². The van der Waals surface area contributed by atoms with E-state index in [-0.39, 0.29) is 72.2 Å². The monoisotopic (exact) mass is 544 g/mol. The molecular formula is C22H28N2O8S3. The molecule has 0 saturated carbocycles. The van der Waals surface area contributed by atoms with Crippen molar-refractivity contribution in [1.82, 2.24) is 8.61 Å². The minimum Gasteiger partial charge on any atom is -0.379 e. The van der Waals surface area contributed by atoms with Gasteiger partial charge in [0.1, 0.15) is 0 Å². The molecule has 0 aliphatic carbocycles. The zero-order chi connectivity index (χ0) is 25.4. The molecule has 10 nitrogen and oxygen atoms in total. The van der Waals surface area contributed by atoms with Crippen molar-refractivity contribution in [3.63, 3.8) is 0 Å². The number of nitrogens with zero attached hydrogens (tertiary/aromatic N) is 2. The summed E-state index contributed by atoms with van der Waals surface area (Å²) in [4.78, 5) is -0.662. The summed E-state index contributed by atoms with van der Waals surface area (Å²) in [5, 5.41) is 0. The lowest BCUT2D eigenvalue weighted by Crippen LogP contribution is -2.41. The molecule has 2 fully saturated rings. The Bertz CT molecular complexity index is 1320. The summed E-state index contributed by atoms with van der Waals surface area (Å²) < 4.78 is 92.9. The van der Waals surface area contributed by atoms with E-state index in [1.807, 2.05) is 0 Å². The van der Waals surface area contributed by atoms with Crippen LogP contribution >= 0.6 is 0 Å². The highest BCUT2D eigenvalue weighted by atomic mass is 32.2. The third kappa shape index (κ3) is 5.03. The zero-order valence-electron chi connectivity index (χ0n) is 19.5. The normalized spacial score (nSPS) is 19.0. The summed E-state index contributed by atoms with van der Waals surface area (Å²) >= 11 is 0. The van der Waals surface area contributed by atoms with Gasteiger partial charge in [-0.15, -0.1) is 0 Å². The minimum atomic E-state index is -4.21. The highest BCUT2D eigenvalue weighted by Crippen LogP contribution is 2.30. The standard InChI is InChI=1S/C22H28N2O8S3/c1-17-3-5-19(15-21(17)34(27,28)23-7-11-31-12-8-23)33(25,26)20-6-4-18(2)22(16-20)35(29,30)24-9-13-32-14-10-24/h3-6,15-16H,7-14H2,1-2H3. The van der Waals surface area contributed by atoms with Crippen molar-refractivity contribution in [2.75, 3.05) is 52.6 Å². The molecule has 0 amide bonds. The van der Waals surface area contributed by atoms with Crippen LogP contribution in [-0.4, -0.2) is 86.5 Å². The first-order chi connectivity index (χ1) is 16.5. The van der Waals surface area contributed by atoms with Crippen LogP contribution in [0.5, 0.6) is 0 Å². The van der Waals surface area contributed by atoms with Gasteiger partial charge in [-0.3, -0.25) is 0 Å². The number of morpholine rings is 2. The second-order valence-corrected chi connectivity index (χ2v) is 14.2. The van der Waals surface area contributed by atoms with Crippen LogP contribution in [0.1, 0.15) is 11.1 Å². The highest BCUT2D eigenvalue weighted by Gasteiger charge is 2.32. The lowest BCUT2D eigenvalue weighted by molar-refractivity contribution is 0.0730. The Hall–Kier alpha value is -1.87. The average molecular weight is 545 g/mol. The number of benzene rings is 2. The Morgan fingerprint density at radius 2 is 0.943 bits per heavy atom. The summed E-state index contributed by atoms with van der Waals surface area (Å²) in [5.74, 6) is 0. The van der Waals surface area contributed by atoms with Gasteiger partial charge in [0.05, 0.1) is 46.0 Å². The predicted octanol–water partition coefficient (Wildman–Crippen LogP) is 1.18. The third-order valence-electron chi connectivity index (χ3n) is 6.12. The fourth-order valence-electron chi connectivity index (χ4n) is 4.04. The van der Waals surface area contributed by atoms with Crippen molar-refractivity contribution in [3.8, 4) is 0 Å². The zero-order valence-corrected chi connectivity index (χ0v) is 22.0. The van der Waals surface area contributed by atoms with Crippen molar-refractivity contribution in [3.05, 3.63) is 47.5 Å². The van der Waals surface area contributed by atoms with E-state index in [0.717, 1.165) is 12.1 Å². The molecule has 2 saturated heterocycles. The number of hydrogen-bond acceptors (Lipinski definition) is 8. The van der Waals surface area contributed by atoms with Gasteiger partial charge < -0.3 is 9.47 Å². The Morgan fingerprint density at radius 3 is 1.29 bits per heavy atom. The maximum atomic E-state index is 13.5. The minimum absolute atomic E-state index is 0.103. The van der Waals surface area contributed by atoms with Gasteiger partial charge in [-0.2, -0.15) is 8.61 Å². The fourth-order valence-corrected chi connectivity index (χ4v) is 8.82. The number of hydrogen-bond donors (Lipinski definition) is 0. The largest absolute Gasteiger partial charge is 0.379 e. The lowest BCUT2D eigenvalue weighted by Gasteiger charge is -2.27. The smallest absolute Gasteiger partial charge is 0.243 e. The predicted molar refractivity (Wildman–Crippen MR) is 127 cm³/mol. The fraction of sp³-hybridized carbons (Fsp3) is 0.455. The maximum Gasteiger partial charge on any atom is 0.243 e. The number of ether oxygens (including phenoxy) is 2. The van der Waals surface area contributed by atoms with Gasteiger partial charge in [0.25, 0.3) is 0 Å². The van der Waals surface area contributed by atoms with Crippen LogP contribution < -0.4 is 0 Å². The van der Waals surface area contributed by atoms with E-state index in [1.165, 1.54) is 32.9 Å². The molecule has 0 atom stereocenters. The summed E-state index contributed by atoms with van der Waals surface area (Å²) in [6.07, 6.45) is 0. The van der Waals surface area contributed by atoms with E-state index in [0.29, 0.717) is 11.1 Å². The number of sulfone groups is 1. The third-order valence-corrected chi connectivity index (χ3v) is 11.9. The Balaban J connectivity index is 1.75. The first-order valence-corrected chi connectivity index (χ1v) is 15.4. The number of rotatable bonds is 6. The van der Waals surface area contributed by atoms with Gasteiger partial charge in [0.15, 0.2) is 0 Å². The van der Waals surface area contributed by atoms with E-state index in [4.69, 9.17) is 9.47 Å². The molecule has 192 valence electrons. The van der Waals surface area contributed by atoms with Crippen LogP contribution in [0, 0.1) is 13.8 Å². The molecule has 0 bridgehead atoms. The number of sulfonamides is 2. The lowest BCUT2D eigenvalue weighted by atomic mass is 10.2. The Morgan fingerprint density at radius 1 is 0.600 bits per heavy atom. The molecule has 35 heavy (non-hydrogen) atoms. The molecule has 2 aromatic carbocycles. The molecule has 0 unspecified atom stereocenters. The molecule has 2 aromatic rings. The maximum absolute atomic E-state index is 13.5. The summed E-state index contributed by atoms with van der Waals surface area (Å²) in [7, 11) is -12.1. The van der Waals surface area contributed by atoms with Crippen LogP contribution in [0.25, 0.3) is 0 Å². The van der Waals surface area contributed by atoms with E-state index < -0.39 is 29.9 Å². The first kappa shape index (κ1) is 26.2. The van der Waals surface area contributed by atoms with Gasteiger partial charge in [0, 0.05) is 26.2 Å². The summed E-state index contributed by atoms with van der Waals surface area (Å²) in [6.45, 7) is 4.98. The van der Waals surface area contributed by atoms with Gasteiger partial charge in [0.2, 0.25) is 29.9 Å². The molecule has 2 aliphatic rings. The molecule has 2 heterocycles. The summed E-state index contributed by atoms with van der Waals surface area (Å²) in [6, 6.07) is 7.84. The van der Waals surface area contributed by atoms with Crippen molar-refractivity contribution >= 4 is 29.9 Å². The van der Waals surface area contributed by atoms with Gasteiger partial charge >= 0.3 is 0 Å². The van der Waals surface area contributed by atoms with Crippen LogP contribution in [0.4, 0.5) is 0 Å². The van der Waals surface area contributed by atoms with Crippen molar-refractivity contribution in [2.24, 2.45) is 0 Å². The molecule has 13 heteroatoms. The molecule has 4 rings (SSSR count). The highest BCUT2D eigenvalue weighted by molar-refractivity contribution is 7.92. The van der Waals surface area contributed by atoms with E-state index >= 15 is 0 Å². The van der Waals surface area contributed by atoms with Crippen molar-refractivity contribution in [2.45, 2.75) is 33.4 Å². The topological polar surface area (TPSA) is 127 Å². The number of aryl methyl sites for hydroxylation is 2. The molecule has 0 radical (unpaired) electrons. The Labute approximate surface area is 206 Å². The van der Waals surface area contributed by atoms with Gasteiger partial charge in [-0.1, -0.05) is 12.1 Å². The van der Waals surface area contributed by atoms with E-state index in [2.05, 4.69) is 0 Å². The van der Waals surface area contributed by atoms with Crippen LogP contribution in [-0.2, 0) is 39.4 Å². The van der Waals surface area contributed by atoms with Crippen molar-refractivity contribution < 1.29 is 34.7 Å². The van der Waals surface area contributed by atoms with Crippen LogP contribution in [0.3, 0.4) is 0 Å². The molecule has 0 spiro atoms. The van der Waals surface area contributed by atoms with E-state index in [9.17, 15) is 25.3 Å². The Kier molecular flexibility index (Phi) is 7.40. The van der Waals surface area contributed by atoms with Crippen LogP contribution in [0.2, 0.25) is 0 Å². The molecule has 0 aromatic heterocycles.